The Kier molecular flexibility index (Phi) is 8.25. The van der Waals surface area contributed by atoms with Crippen molar-refractivity contribution in [3.63, 3.8) is 0 Å². The Balaban J connectivity index is 1.30. The first-order valence-electron chi connectivity index (χ1n) is 14.5. The second kappa shape index (κ2) is 12.2. The largest absolute Gasteiger partial charge is 0.454 e. The number of thiophene rings is 1. The summed E-state index contributed by atoms with van der Waals surface area (Å²) < 4.78 is 44.4. The van der Waals surface area contributed by atoms with Gasteiger partial charge in [0, 0.05) is 42.4 Å². The van der Waals surface area contributed by atoms with Crippen LogP contribution in [0.3, 0.4) is 0 Å². The number of carbonyl (C=O) groups is 3. The summed E-state index contributed by atoms with van der Waals surface area (Å²) in [7, 11) is -3.31. The van der Waals surface area contributed by atoms with Gasteiger partial charge in [0.2, 0.25) is 5.91 Å². The van der Waals surface area contributed by atoms with E-state index in [1.165, 1.54) is 22.1 Å². The van der Waals surface area contributed by atoms with Crippen LogP contribution in [0.1, 0.15) is 41.4 Å². The molecule has 0 radical (unpaired) electrons. The summed E-state index contributed by atoms with van der Waals surface area (Å²) in [6.07, 6.45) is 3.54. The first-order valence-corrected chi connectivity index (χ1v) is 17.3. The van der Waals surface area contributed by atoms with Crippen LogP contribution in [-0.4, -0.2) is 54.7 Å². The number of carbonyl (C=O) groups excluding carboxylic acids is 3. The zero-order valence-corrected chi connectivity index (χ0v) is 26.9. The van der Waals surface area contributed by atoms with Crippen LogP contribution in [0.15, 0.2) is 66.1 Å². The molecule has 6 rings (SSSR count). The van der Waals surface area contributed by atoms with Gasteiger partial charge in [-0.05, 0) is 57.0 Å². The molecule has 2 N–H and O–H groups in total. The zero-order chi connectivity index (χ0) is 32.7. The fourth-order valence-electron chi connectivity index (χ4n) is 5.56. The highest BCUT2D eigenvalue weighted by molar-refractivity contribution is 7.90. The Hall–Kier alpha value is -4.82. The number of amides is 4. The molecule has 0 saturated carbocycles. The van der Waals surface area contributed by atoms with Crippen molar-refractivity contribution < 1.29 is 31.9 Å². The number of nitrogens with zero attached hydrogens (tertiary/aromatic N) is 3. The van der Waals surface area contributed by atoms with Gasteiger partial charge in [-0.2, -0.15) is 0 Å². The highest BCUT2D eigenvalue weighted by Crippen LogP contribution is 2.47. The lowest BCUT2D eigenvalue weighted by Crippen LogP contribution is -2.38. The molecule has 0 atom stereocenters. The number of aromatic nitrogens is 1. The molecule has 2 aromatic carbocycles. The minimum Gasteiger partial charge on any atom is -0.454 e. The van der Waals surface area contributed by atoms with Gasteiger partial charge in [0.15, 0.2) is 11.6 Å². The summed E-state index contributed by atoms with van der Waals surface area (Å²) in [6, 6.07) is 12.9. The Bertz CT molecular complexity index is 2040. The van der Waals surface area contributed by atoms with E-state index in [1.807, 2.05) is 6.07 Å². The van der Waals surface area contributed by atoms with E-state index in [9.17, 15) is 22.8 Å². The van der Waals surface area contributed by atoms with Gasteiger partial charge in [-0.1, -0.05) is 18.2 Å². The van der Waals surface area contributed by atoms with Crippen LogP contribution in [0.4, 0.5) is 26.2 Å². The molecule has 238 valence electrons. The zero-order valence-electron chi connectivity index (χ0n) is 25.2. The van der Waals surface area contributed by atoms with E-state index in [2.05, 4.69) is 15.6 Å². The number of para-hydroxylation sites is 1. The van der Waals surface area contributed by atoms with Crippen molar-refractivity contribution in [2.24, 2.45) is 0 Å². The number of benzene rings is 2. The van der Waals surface area contributed by atoms with Crippen LogP contribution in [0.5, 0.6) is 11.5 Å². The molecule has 2 aromatic heterocycles. The molecule has 2 aliphatic heterocycles. The molecule has 4 aromatic rings. The van der Waals surface area contributed by atoms with E-state index in [0.717, 1.165) is 17.6 Å². The summed E-state index contributed by atoms with van der Waals surface area (Å²) in [5, 5.41) is 6.26. The normalized spacial score (nSPS) is 14.8. The lowest BCUT2D eigenvalue weighted by molar-refractivity contribution is -0.129. The predicted octanol–water partition coefficient (Wildman–Crippen LogP) is 6.24. The van der Waals surface area contributed by atoms with E-state index in [4.69, 9.17) is 4.74 Å². The van der Waals surface area contributed by atoms with Crippen LogP contribution in [0.25, 0.3) is 10.2 Å². The van der Waals surface area contributed by atoms with Crippen molar-refractivity contribution in [1.82, 2.24) is 15.2 Å². The number of allylic oxidation sites excluding steroid dienone is 2. The molecule has 4 heterocycles. The second-order valence-electron chi connectivity index (χ2n) is 11.1. The van der Waals surface area contributed by atoms with E-state index >= 15 is 4.39 Å². The number of sulfone groups is 1. The highest BCUT2D eigenvalue weighted by atomic mass is 32.2. The van der Waals surface area contributed by atoms with Crippen LogP contribution in [0.2, 0.25) is 0 Å². The fraction of sp³-hybridized carbons (Fsp3) is 0.250. The molecule has 0 aliphatic carbocycles. The van der Waals surface area contributed by atoms with Gasteiger partial charge in [-0.25, -0.2) is 22.6 Å². The topological polar surface area (TPSA) is 138 Å². The standard InChI is InChI=1S/C32H30FN5O6S2/c1-18-22(11-12-24(27(18)33)44-20-8-5-4-6-9-20)38-23-13-15-34-31-26(23)28(36-32(38)41)29(45-31)30(40)35-21-10-7-16-37(19(21)2)25(39)14-17-46(3,42)43/h4-6,8-9,11-13,15H,7,10,14,16-17H2,1-3H3,(H,35,40)(H,36,41). The van der Waals surface area contributed by atoms with Gasteiger partial charge in [0.1, 0.15) is 25.3 Å². The molecule has 14 heteroatoms. The second-order valence-corrected chi connectivity index (χ2v) is 14.3. The lowest BCUT2D eigenvalue weighted by atomic mass is 10.1. The Labute approximate surface area is 268 Å². The summed E-state index contributed by atoms with van der Waals surface area (Å²) in [4.78, 5) is 48.0. The van der Waals surface area contributed by atoms with E-state index < -0.39 is 27.6 Å². The average Bonchev–Trinajstić information content (AvgIpc) is 3.39. The lowest BCUT2D eigenvalue weighted by Gasteiger charge is -2.31. The van der Waals surface area contributed by atoms with E-state index in [0.29, 0.717) is 63.8 Å². The molecular formula is C32H30FN5O6S2. The molecule has 0 fully saturated rings. The van der Waals surface area contributed by atoms with E-state index in [-0.39, 0.29) is 34.3 Å². The number of nitrogens with one attached hydrogen (secondary N) is 2. The Morgan fingerprint density at radius 1 is 1.11 bits per heavy atom. The molecule has 46 heavy (non-hydrogen) atoms. The summed E-state index contributed by atoms with van der Waals surface area (Å²) in [5.41, 5.74) is 2.30. The Morgan fingerprint density at radius 3 is 2.61 bits per heavy atom. The number of halogens is 1. The van der Waals surface area contributed by atoms with Crippen LogP contribution < -0.4 is 20.3 Å². The third-order valence-electron chi connectivity index (χ3n) is 7.89. The summed E-state index contributed by atoms with van der Waals surface area (Å²) in [5.74, 6) is -1.20. The molecule has 4 amide bonds. The smallest absolute Gasteiger partial charge is 0.331 e. The molecular weight excluding hydrogens is 634 g/mol. The molecule has 0 bridgehead atoms. The van der Waals surface area contributed by atoms with Crippen LogP contribution >= 0.6 is 11.3 Å². The van der Waals surface area contributed by atoms with Crippen molar-refractivity contribution in [2.45, 2.75) is 33.1 Å². The number of pyridine rings is 1. The minimum atomic E-state index is -3.31. The van der Waals surface area contributed by atoms with Crippen LogP contribution in [0, 0.1) is 12.7 Å². The first kappa shape index (κ1) is 31.2. The maximum absolute atomic E-state index is 15.6. The molecule has 0 unspecified atom stereocenters. The number of ether oxygens (including phenoxy) is 1. The third kappa shape index (κ3) is 5.93. The number of hydrogen-bond donors (Lipinski definition) is 2. The maximum Gasteiger partial charge on any atom is 0.331 e. The number of hydrogen-bond acceptors (Lipinski definition) is 8. The van der Waals surface area contributed by atoms with Gasteiger partial charge >= 0.3 is 6.03 Å². The van der Waals surface area contributed by atoms with Crippen LogP contribution in [-0.2, 0) is 14.6 Å². The first-order chi connectivity index (χ1) is 21.9. The molecule has 0 saturated heterocycles. The Morgan fingerprint density at radius 2 is 1.87 bits per heavy atom. The summed E-state index contributed by atoms with van der Waals surface area (Å²) >= 11 is 1.10. The molecule has 0 spiro atoms. The monoisotopic (exact) mass is 663 g/mol. The van der Waals surface area contributed by atoms with E-state index in [1.54, 1.807) is 50.2 Å². The number of rotatable bonds is 8. The van der Waals surface area contributed by atoms with Gasteiger partial charge < -0.3 is 20.3 Å². The molecule has 2 aliphatic rings. The predicted molar refractivity (Wildman–Crippen MR) is 174 cm³/mol. The van der Waals surface area contributed by atoms with Crippen molar-refractivity contribution in [3.05, 3.63) is 82.4 Å². The van der Waals surface area contributed by atoms with Crippen molar-refractivity contribution >= 4 is 66.3 Å². The molecule has 11 nitrogen and oxygen atoms in total. The van der Waals surface area contributed by atoms with Gasteiger partial charge in [-0.3, -0.25) is 14.5 Å². The van der Waals surface area contributed by atoms with Crippen molar-refractivity contribution in [1.29, 1.82) is 0 Å². The third-order valence-corrected chi connectivity index (χ3v) is 9.93. The van der Waals surface area contributed by atoms with Crippen molar-refractivity contribution in [3.8, 4) is 11.5 Å². The minimum absolute atomic E-state index is 0.0166. The quantitative estimate of drug-likeness (QED) is 0.228. The fourth-order valence-corrected chi connectivity index (χ4v) is 7.12. The summed E-state index contributed by atoms with van der Waals surface area (Å²) in [6.45, 7) is 3.69. The average molecular weight is 664 g/mol. The van der Waals surface area contributed by atoms with Gasteiger partial charge in [0.25, 0.3) is 5.91 Å². The van der Waals surface area contributed by atoms with Crippen molar-refractivity contribution in [2.75, 3.05) is 28.8 Å². The highest BCUT2D eigenvalue weighted by Gasteiger charge is 2.34. The number of urea groups is 1. The van der Waals surface area contributed by atoms with Gasteiger partial charge in [0.05, 0.1) is 28.2 Å². The number of anilines is 3. The SMILES string of the molecule is CC1=C(NC(=O)c2sc3nccc4c3c2NC(=O)N4c2ccc(Oc3ccccc3)c(F)c2C)CCCN1C(=O)CCS(C)(=O)=O. The van der Waals surface area contributed by atoms with Gasteiger partial charge in [-0.15, -0.1) is 11.3 Å². The maximum atomic E-state index is 15.6.